The van der Waals surface area contributed by atoms with Crippen molar-refractivity contribution in [2.75, 3.05) is 5.32 Å². The molecule has 2 rings (SSSR count). The first-order chi connectivity index (χ1) is 8.16. The molecule has 88 valence electrons. The molecule has 17 heavy (non-hydrogen) atoms. The van der Waals surface area contributed by atoms with Crippen molar-refractivity contribution < 1.29 is 0 Å². The highest BCUT2D eigenvalue weighted by atomic mass is 15.2. The van der Waals surface area contributed by atoms with Gasteiger partial charge in [-0.2, -0.15) is 5.10 Å². The van der Waals surface area contributed by atoms with Gasteiger partial charge in [0.15, 0.2) is 0 Å². The van der Waals surface area contributed by atoms with Crippen molar-refractivity contribution >= 4 is 5.82 Å². The van der Waals surface area contributed by atoms with Crippen LogP contribution in [0.1, 0.15) is 29.8 Å². The van der Waals surface area contributed by atoms with Gasteiger partial charge in [0.05, 0.1) is 11.7 Å². The number of aromatic nitrogens is 2. The molecule has 0 amide bonds. The Kier molecular flexibility index (Phi) is 3.38. The lowest BCUT2D eigenvalue weighted by Gasteiger charge is -2.16. The quantitative estimate of drug-likeness (QED) is 0.874. The Morgan fingerprint density at radius 3 is 2.41 bits per heavy atom. The highest BCUT2D eigenvalue weighted by molar-refractivity contribution is 5.39. The topological polar surface area (TPSA) is 37.8 Å². The number of benzene rings is 1. The summed E-state index contributed by atoms with van der Waals surface area (Å²) in [5, 5.41) is 11.5. The van der Waals surface area contributed by atoms with Gasteiger partial charge in [-0.25, -0.2) is 0 Å². The number of aryl methyl sites for hydroxylation is 2. The Labute approximate surface area is 102 Å². The molecule has 1 heterocycles. The third-order valence-electron chi connectivity index (χ3n) is 2.82. The molecule has 0 aliphatic carbocycles. The summed E-state index contributed by atoms with van der Waals surface area (Å²) in [6.45, 7) is 6.18. The number of nitrogens with zero attached hydrogens (tertiary/aromatic N) is 2. The molecular formula is C14H17N3. The Balaban J connectivity index is 2.14. The Hall–Kier alpha value is -1.90. The highest BCUT2D eigenvalue weighted by Crippen LogP contribution is 2.20. The second-order valence-electron chi connectivity index (χ2n) is 4.28. The molecule has 0 aliphatic rings. The molecule has 0 aliphatic heterocycles. The van der Waals surface area contributed by atoms with Crippen LogP contribution in [-0.4, -0.2) is 10.2 Å². The molecule has 0 saturated carbocycles. The van der Waals surface area contributed by atoms with Crippen LogP contribution in [0.2, 0.25) is 0 Å². The summed E-state index contributed by atoms with van der Waals surface area (Å²) in [5.41, 5.74) is 3.50. The molecule has 0 saturated heterocycles. The zero-order valence-corrected chi connectivity index (χ0v) is 10.4. The lowest BCUT2D eigenvalue weighted by atomic mass is 10.0. The van der Waals surface area contributed by atoms with E-state index in [1.807, 2.05) is 19.1 Å². The van der Waals surface area contributed by atoms with Gasteiger partial charge < -0.3 is 5.32 Å². The standard InChI is InChI=1S/C14H17N3/c1-10-6-4-5-7-13(10)12(3)15-14-9-8-11(2)16-17-14/h4-9,12H,1-3H3,(H,15,17). The van der Waals surface area contributed by atoms with Gasteiger partial charge in [0.2, 0.25) is 0 Å². The molecular weight excluding hydrogens is 210 g/mol. The third kappa shape index (κ3) is 2.81. The van der Waals surface area contributed by atoms with E-state index >= 15 is 0 Å². The fourth-order valence-electron chi connectivity index (χ4n) is 1.85. The maximum absolute atomic E-state index is 4.11. The lowest BCUT2D eigenvalue weighted by Crippen LogP contribution is -2.09. The van der Waals surface area contributed by atoms with Gasteiger partial charge in [-0.05, 0) is 44.0 Å². The van der Waals surface area contributed by atoms with E-state index in [4.69, 9.17) is 0 Å². The number of nitrogens with one attached hydrogen (secondary N) is 1. The van der Waals surface area contributed by atoms with Crippen LogP contribution in [0.4, 0.5) is 5.82 Å². The van der Waals surface area contributed by atoms with Crippen molar-refractivity contribution in [1.29, 1.82) is 0 Å². The predicted octanol–water partition coefficient (Wildman–Crippen LogP) is 3.27. The lowest BCUT2D eigenvalue weighted by molar-refractivity contribution is 0.848. The first kappa shape index (κ1) is 11.6. The molecule has 1 aromatic carbocycles. The van der Waals surface area contributed by atoms with E-state index in [1.54, 1.807) is 0 Å². The summed E-state index contributed by atoms with van der Waals surface area (Å²) in [6.07, 6.45) is 0. The van der Waals surface area contributed by atoms with Gasteiger partial charge in [0.25, 0.3) is 0 Å². The second kappa shape index (κ2) is 4.95. The van der Waals surface area contributed by atoms with Gasteiger partial charge in [-0.15, -0.1) is 5.10 Å². The van der Waals surface area contributed by atoms with Crippen LogP contribution in [0.15, 0.2) is 36.4 Å². The average molecular weight is 227 g/mol. The van der Waals surface area contributed by atoms with Crippen molar-refractivity contribution in [3.05, 3.63) is 53.2 Å². The van der Waals surface area contributed by atoms with Crippen LogP contribution in [0.5, 0.6) is 0 Å². The summed E-state index contributed by atoms with van der Waals surface area (Å²) in [6, 6.07) is 12.5. The van der Waals surface area contributed by atoms with Crippen molar-refractivity contribution in [3.63, 3.8) is 0 Å². The van der Waals surface area contributed by atoms with E-state index in [1.165, 1.54) is 11.1 Å². The molecule has 0 fully saturated rings. The normalized spacial score (nSPS) is 12.2. The van der Waals surface area contributed by atoms with Gasteiger partial charge >= 0.3 is 0 Å². The fraction of sp³-hybridized carbons (Fsp3) is 0.286. The molecule has 3 nitrogen and oxygen atoms in total. The van der Waals surface area contributed by atoms with Crippen LogP contribution in [-0.2, 0) is 0 Å². The maximum atomic E-state index is 4.11. The summed E-state index contributed by atoms with van der Waals surface area (Å²) < 4.78 is 0. The molecule has 0 bridgehead atoms. The first-order valence-corrected chi connectivity index (χ1v) is 5.79. The minimum atomic E-state index is 0.230. The minimum Gasteiger partial charge on any atom is -0.362 e. The maximum Gasteiger partial charge on any atom is 0.149 e. The van der Waals surface area contributed by atoms with Crippen LogP contribution < -0.4 is 5.32 Å². The predicted molar refractivity (Wildman–Crippen MR) is 70.0 cm³/mol. The van der Waals surface area contributed by atoms with Gasteiger partial charge in [-0.3, -0.25) is 0 Å². The number of rotatable bonds is 3. The molecule has 2 aromatic rings. The van der Waals surface area contributed by atoms with E-state index in [0.29, 0.717) is 0 Å². The number of anilines is 1. The van der Waals surface area contributed by atoms with Crippen molar-refractivity contribution in [2.45, 2.75) is 26.8 Å². The van der Waals surface area contributed by atoms with Crippen LogP contribution in [0.3, 0.4) is 0 Å². The summed E-state index contributed by atoms with van der Waals surface area (Å²) in [4.78, 5) is 0. The zero-order valence-electron chi connectivity index (χ0n) is 10.4. The molecule has 1 N–H and O–H groups in total. The second-order valence-corrected chi connectivity index (χ2v) is 4.28. The third-order valence-corrected chi connectivity index (χ3v) is 2.82. The van der Waals surface area contributed by atoms with E-state index in [9.17, 15) is 0 Å². The van der Waals surface area contributed by atoms with Crippen LogP contribution in [0, 0.1) is 13.8 Å². The Morgan fingerprint density at radius 1 is 1.00 bits per heavy atom. The molecule has 0 spiro atoms. The largest absolute Gasteiger partial charge is 0.362 e. The van der Waals surface area contributed by atoms with E-state index in [0.717, 1.165) is 11.5 Å². The van der Waals surface area contributed by atoms with E-state index in [2.05, 4.69) is 53.6 Å². The average Bonchev–Trinajstić information content (AvgIpc) is 2.32. The smallest absolute Gasteiger partial charge is 0.149 e. The fourth-order valence-corrected chi connectivity index (χ4v) is 1.85. The summed E-state index contributed by atoms with van der Waals surface area (Å²) in [7, 11) is 0. The summed E-state index contributed by atoms with van der Waals surface area (Å²) in [5.74, 6) is 0.811. The highest BCUT2D eigenvalue weighted by Gasteiger charge is 2.08. The van der Waals surface area contributed by atoms with E-state index in [-0.39, 0.29) is 6.04 Å². The SMILES string of the molecule is Cc1ccc(NC(C)c2ccccc2C)nn1. The molecule has 1 unspecified atom stereocenters. The van der Waals surface area contributed by atoms with Crippen molar-refractivity contribution in [1.82, 2.24) is 10.2 Å². The van der Waals surface area contributed by atoms with Crippen molar-refractivity contribution in [2.24, 2.45) is 0 Å². The van der Waals surface area contributed by atoms with Crippen LogP contribution >= 0.6 is 0 Å². The first-order valence-electron chi connectivity index (χ1n) is 5.79. The minimum absolute atomic E-state index is 0.230. The van der Waals surface area contributed by atoms with Gasteiger partial charge in [0, 0.05) is 0 Å². The van der Waals surface area contributed by atoms with Gasteiger partial charge in [0.1, 0.15) is 5.82 Å². The Bertz CT molecular complexity index is 491. The Morgan fingerprint density at radius 2 is 1.76 bits per heavy atom. The van der Waals surface area contributed by atoms with Gasteiger partial charge in [-0.1, -0.05) is 24.3 Å². The van der Waals surface area contributed by atoms with Crippen LogP contribution in [0.25, 0.3) is 0 Å². The molecule has 3 heteroatoms. The summed E-state index contributed by atoms with van der Waals surface area (Å²) >= 11 is 0. The molecule has 1 aromatic heterocycles. The zero-order chi connectivity index (χ0) is 12.3. The molecule has 1 atom stereocenters. The van der Waals surface area contributed by atoms with Crippen molar-refractivity contribution in [3.8, 4) is 0 Å². The van der Waals surface area contributed by atoms with E-state index < -0.39 is 0 Å². The molecule has 0 radical (unpaired) electrons. The monoisotopic (exact) mass is 227 g/mol. The number of hydrogen-bond acceptors (Lipinski definition) is 3. The number of hydrogen-bond donors (Lipinski definition) is 1.